The lowest BCUT2D eigenvalue weighted by molar-refractivity contribution is -0.135. The van der Waals surface area contributed by atoms with E-state index in [1.165, 1.54) is 0 Å². The zero-order valence-electron chi connectivity index (χ0n) is 6.89. The zero-order valence-corrected chi connectivity index (χ0v) is 6.89. The average Bonchev–Trinajstić information content (AvgIpc) is 1.99. The molecule has 1 N–H and O–H groups in total. The average molecular weight is 166 g/mol. The lowest BCUT2D eigenvalue weighted by Crippen LogP contribution is -2.51. The second-order valence-corrected chi connectivity index (χ2v) is 2.54. The highest BCUT2D eigenvalue weighted by atomic mass is 16.2. The monoisotopic (exact) mass is 166 g/mol. The third-order valence-corrected chi connectivity index (χ3v) is 1.49. The molecule has 1 heterocycles. The molecule has 0 spiro atoms. The third-order valence-electron chi connectivity index (χ3n) is 1.49. The van der Waals surface area contributed by atoms with Gasteiger partial charge in [-0.2, -0.15) is 0 Å². The van der Waals surface area contributed by atoms with Crippen molar-refractivity contribution in [3.05, 3.63) is 0 Å². The standard InChI is InChI=1S/C8H10N2O2/c1-2-3-4-10-5-7(11)9-8(12)6-10/h4-6H2,1H3,(H,9,11,12). The minimum absolute atomic E-state index is 0.246. The van der Waals surface area contributed by atoms with Crippen molar-refractivity contribution >= 4 is 11.8 Å². The molecule has 64 valence electrons. The van der Waals surface area contributed by atoms with Crippen molar-refractivity contribution in [3.8, 4) is 11.8 Å². The maximum absolute atomic E-state index is 10.8. The van der Waals surface area contributed by atoms with E-state index in [1.54, 1.807) is 11.8 Å². The fourth-order valence-corrected chi connectivity index (χ4v) is 0.999. The predicted octanol–water partition coefficient (Wildman–Crippen LogP) is -1.03. The first-order valence-electron chi connectivity index (χ1n) is 3.67. The first kappa shape index (κ1) is 8.75. The molecule has 0 aromatic rings. The van der Waals surface area contributed by atoms with Gasteiger partial charge in [0.05, 0.1) is 19.6 Å². The second kappa shape index (κ2) is 3.88. The predicted molar refractivity (Wildman–Crippen MR) is 43.0 cm³/mol. The molecule has 1 rings (SSSR count). The number of nitrogens with zero attached hydrogens (tertiary/aromatic N) is 1. The summed E-state index contributed by atoms with van der Waals surface area (Å²) in [6.07, 6.45) is 0. The van der Waals surface area contributed by atoms with Gasteiger partial charge in [0.1, 0.15) is 0 Å². The Labute approximate surface area is 70.9 Å². The normalized spacial score (nSPS) is 18.1. The van der Waals surface area contributed by atoms with Crippen LogP contribution in [-0.2, 0) is 9.59 Å². The molecule has 1 aliphatic heterocycles. The summed E-state index contributed by atoms with van der Waals surface area (Å²) in [5.41, 5.74) is 0. The molecule has 0 radical (unpaired) electrons. The van der Waals surface area contributed by atoms with Crippen LogP contribution in [0, 0.1) is 11.8 Å². The molecule has 12 heavy (non-hydrogen) atoms. The van der Waals surface area contributed by atoms with Gasteiger partial charge in [-0.25, -0.2) is 0 Å². The number of hydrogen-bond donors (Lipinski definition) is 1. The summed E-state index contributed by atoms with van der Waals surface area (Å²) in [7, 11) is 0. The van der Waals surface area contributed by atoms with E-state index in [9.17, 15) is 9.59 Å². The highest BCUT2D eigenvalue weighted by Gasteiger charge is 2.20. The second-order valence-electron chi connectivity index (χ2n) is 2.54. The van der Waals surface area contributed by atoms with Gasteiger partial charge in [0.25, 0.3) is 0 Å². The molecule has 4 heteroatoms. The van der Waals surface area contributed by atoms with E-state index in [2.05, 4.69) is 17.2 Å². The summed E-state index contributed by atoms with van der Waals surface area (Å²) < 4.78 is 0. The number of piperazine rings is 1. The van der Waals surface area contributed by atoms with Crippen molar-refractivity contribution in [2.75, 3.05) is 19.6 Å². The lowest BCUT2D eigenvalue weighted by Gasteiger charge is -2.22. The highest BCUT2D eigenvalue weighted by Crippen LogP contribution is 1.92. The molecule has 1 aliphatic rings. The Hall–Kier alpha value is -1.34. The van der Waals surface area contributed by atoms with Gasteiger partial charge in [-0.3, -0.25) is 19.8 Å². The van der Waals surface area contributed by atoms with Crippen LogP contribution in [-0.4, -0.2) is 36.3 Å². The molecular formula is C8H10N2O2. The van der Waals surface area contributed by atoms with Crippen molar-refractivity contribution < 1.29 is 9.59 Å². The van der Waals surface area contributed by atoms with Crippen molar-refractivity contribution in [3.63, 3.8) is 0 Å². The fraction of sp³-hybridized carbons (Fsp3) is 0.500. The van der Waals surface area contributed by atoms with Gasteiger partial charge in [0.15, 0.2) is 0 Å². The summed E-state index contributed by atoms with van der Waals surface area (Å²) in [5, 5.41) is 2.22. The molecule has 1 fully saturated rings. The van der Waals surface area contributed by atoms with E-state index in [-0.39, 0.29) is 24.9 Å². The smallest absolute Gasteiger partial charge is 0.240 e. The topological polar surface area (TPSA) is 49.4 Å². The summed E-state index contributed by atoms with van der Waals surface area (Å²) in [4.78, 5) is 23.4. The first-order chi connectivity index (χ1) is 5.72. The van der Waals surface area contributed by atoms with Gasteiger partial charge < -0.3 is 0 Å². The van der Waals surface area contributed by atoms with Gasteiger partial charge in [0.2, 0.25) is 11.8 Å². The Bertz CT molecular complexity index is 246. The number of imide groups is 1. The van der Waals surface area contributed by atoms with Crippen LogP contribution in [0.1, 0.15) is 6.92 Å². The van der Waals surface area contributed by atoms with Gasteiger partial charge in [0, 0.05) is 0 Å². The van der Waals surface area contributed by atoms with Gasteiger partial charge >= 0.3 is 0 Å². The molecule has 0 bridgehead atoms. The molecular weight excluding hydrogens is 156 g/mol. The van der Waals surface area contributed by atoms with Crippen LogP contribution in [0.3, 0.4) is 0 Å². The maximum Gasteiger partial charge on any atom is 0.240 e. The zero-order chi connectivity index (χ0) is 8.97. The Morgan fingerprint density at radius 3 is 2.50 bits per heavy atom. The number of carbonyl (C=O) groups is 2. The molecule has 0 aromatic heterocycles. The summed E-state index contributed by atoms with van der Waals surface area (Å²) in [6.45, 7) is 2.74. The van der Waals surface area contributed by atoms with E-state index >= 15 is 0 Å². The summed E-state index contributed by atoms with van der Waals surface area (Å²) in [5.74, 6) is 5.02. The van der Waals surface area contributed by atoms with Crippen LogP contribution < -0.4 is 5.32 Å². The Balaban J connectivity index is 2.47. The SMILES string of the molecule is CC#CCN1CC(=O)NC(=O)C1. The Kier molecular flexibility index (Phi) is 2.83. The Morgan fingerprint density at radius 2 is 2.00 bits per heavy atom. The van der Waals surface area contributed by atoms with Crippen molar-refractivity contribution in [1.82, 2.24) is 10.2 Å². The molecule has 2 amide bonds. The van der Waals surface area contributed by atoms with Crippen LogP contribution in [0.2, 0.25) is 0 Å². The quantitative estimate of drug-likeness (QED) is 0.400. The molecule has 0 unspecified atom stereocenters. The van der Waals surface area contributed by atoms with Crippen molar-refractivity contribution in [1.29, 1.82) is 0 Å². The number of nitrogens with one attached hydrogen (secondary N) is 1. The van der Waals surface area contributed by atoms with Gasteiger partial charge in [-0.1, -0.05) is 5.92 Å². The van der Waals surface area contributed by atoms with Crippen LogP contribution in [0.25, 0.3) is 0 Å². The van der Waals surface area contributed by atoms with Crippen LogP contribution in [0.5, 0.6) is 0 Å². The largest absolute Gasteiger partial charge is 0.294 e. The van der Waals surface area contributed by atoms with Crippen LogP contribution in [0.4, 0.5) is 0 Å². The highest BCUT2D eigenvalue weighted by molar-refractivity contribution is 5.99. The molecule has 0 saturated carbocycles. The number of amides is 2. The van der Waals surface area contributed by atoms with E-state index in [1.807, 2.05) is 0 Å². The number of rotatable bonds is 1. The summed E-state index contributed by atoms with van der Waals surface area (Å²) >= 11 is 0. The van der Waals surface area contributed by atoms with Gasteiger partial charge in [-0.15, -0.1) is 5.92 Å². The van der Waals surface area contributed by atoms with Crippen molar-refractivity contribution in [2.45, 2.75) is 6.92 Å². The van der Waals surface area contributed by atoms with E-state index in [0.29, 0.717) is 6.54 Å². The van der Waals surface area contributed by atoms with Crippen LogP contribution >= 0.6 is 0 Å². The van der Waals surface area contributed by atoms with E-state index < -0.39 is 0 Å². The lowest BCUT2D eigenvalue weighted by atomic mass is 10.3. The molecule has 0 atom stereocenters. The number of hydrogen-bond acceptors (Lipinski definition) is 3. The first-order valence-corrected chi connectivity index (χ1v) is 3.67. The number of carbonyl (C=O) groups excluding carboxylic acids is 2. The van der Waals surface area contributed by atoms with Crippen molar-refractivity contribution in [2.24, 2.45) is 0 Å². The Morgan fingerprint density at radius 1 is 1.42 bits per heavy atom. The minimum Gasteiger partial charge on any atom is -0.294 e. The van der Waals surface area contributed by atoms with Gasteiger partial charge in [-0.05, 0) is 6.92 Å². The molecule has 0 aliphatic carbocycles. The fourth-order valence-electron chi connectivity index (χ4n) is 0.999. The minimum atomic E-state index is -0.246. The van der Waals surface area contributed by atoms with Crippen LogP contribution in [0.15, 0.2) is 0 Å². The summed E-state index contributed by atoms with van der Waals surface area (Å²) in [6, 6.07) is 0. The maximum atomic E-state index is 10.8. The molecule has 4 nitrogen and oxygen atoms in total. The van der Waals surface area contributed by atoms with E-state index in [0.717, 1.165) is 0 Å². The van der Waals surface area contributed by atoms with E-state index in [4.69, 9.17) is 0 Å². The third kappa shape index (κ3) is 2.36. The molecule has 1 saturated heterocycles. The molecule has 0 aromatic carbocycles.